The van der Waals surface area contributed by atoms with E-state index in [0.717, 1.165) is 9.37 Å². The van der Waals surface area contributed by atoms with E-state index in [1.807, 2.05) is 36.4 Å². The molecule has 3 aromatic carbocycles. The Morgan fingerprint density at radius 2 is 1.50 bits per heavy atom. The van der Waals surface area contributed by atoms with Crippen molar-refractivity contribution in [2.24, 2.45) is 0 Å². The summed E-state index contributed by atoms with van der Waals surface area (Å²) in [6.45, 7) is 0. The highest BCUT2D eigenvalue weighted by molar-refractivity contribution is 9.10. The fourth-order valence-electron chi connectivity index (χ4n) is 2.02. The maximum Gasteiger partial charge on any atom is 0.137 e. The summed E-state index contributed by atoms with van der Waals surface area (Å²) in [5.41, 5.74) is 0. The third-order valence-corrected chi connectivity index (χ3v) is 4.57. The van der Waals surface area contributed by atoms with Crippen LogP contribution in [0, 0.1) is 0 Å². The Morgan fingerprint density at radius 3 is 2.20 bits per heavy atom. The Morgan fingerprint density at radius 1 is 0.850 bits per heavy atom. The molecule has 0 amide bonds. The molecule has 3 rings (SSSR count). The molecule has 3 aromatic rings. The van der Waals surface area contributed by atoms with Crippen molar-refractivity contribution in [1.82, 2.24) is 0 Å². The van der Waals surface area contributed by atoms with Gasteiger partial charge in [0.2, 0.25) is 0 Å². The number of rotatable bonds is 2. The van der Waals surface area contributed by atoms with Crippen molar-refractivity contribution < 1.29 is 10.2 Å². The molecule has 4 heteroatoms. The summed E-state index contributed by atoms with van der Waals surface area (Å²) in [5, 5.41) is 21.7. The summed E-state index contributed by atoms with van der Waals surface area (Å²) in [4.78, 5) is 1.64. The average molecular weight is 347 g/mol. The summed E-state index contributed by atoms with van der Waals surface area (Å²) in [7, 11) is 0. The minimum Gasteiger partial charge on any atom is -0.507 e. The zero-order valence-electron chi connectivity index (χ0n) is 10.4. The zero-order chi connectivity index (χ0) is 14.1. The summed E-state index contributed by atoms with van der Waals surface area (Å²) in [6, 6.07) is 16.7. The summed E-state index contributed by atoms with van der Waals surface area (Å²) in [6.07, 6.45) is 0. The van der Waals surface area contributed by atoms with Crippen molar-refractivity contribution in [3.8, 4) is 11.5 Å². The normalized spacial score (nSPS) is 10.8. The highest BCUT2D eigenvalue weighted by Crippen LogP contribution is 2.42. The molecular weight excluding hydrogens is 336 g/mol. The lowest BCUT2D eigenvalue weighted by atomic mass is 10.1. The molecule has 0 radical (unpaired) electrons. The Hall–Kier alpha value is -1.65. The number of halogens is 1. The van der Waals surface area contributed by atoms with E-state index in [0.29, 0.717) is 15.7 Å². The van der Waals surface area contributed by atoms with Crippen molar-refractivity contribution in [3.05, 3.63) is 59.1 Å². The van der Waals surface area contributed by atoms with Crippen LogP contribution < -0.4 is 0 Å². The smallest absolute Gasteiger partial charge is 0.137 e. The van der Waals surface area contributed by atoms with Gasteiger partial charge in [0.25, 0.3) is 0 Å². The molecule has 0 aliphatic heterocycles. The van der Waals surface area contributed by atoms with Gasteiger partial charge in [0.15, 0.2) is 0 Å². The van der Waals surface area contributed by atoms with Crippen LogP contribution in [-0.4, -0.2) is 10.2 Å². The Kier molecular flexibility index (Phi) is 3.59. The quantitative estimate of drug-likeness (QED) is 0.629. The predicted octanol–water partition coefficient (Wildman–Crippen LogP) is 5.16. The van der Waals surface area contributed by atoms with Crippen LogP contribution in [0.3, 0.4) is 0 Å². The molecule has 0 heterocycles. The lowest BCUT2D eigenvalue weighted by Crippen LogP contribution is -1.80. The SMILES string of the molecule is Oc1cc(Sc2ccc(Br)cc2)c(O)c2ccccc12. The van der Waals surface area contributed by atoms with E-state index in [1.54, 1.807) is 18.2 Å². The van der Waals surface area contributed by atoms with Gasteiger partial charge in [-0.15, -0.1) is 0 Å². The van der Waals surface area contributed by atoms with Gasteiger partial charge in [-0.05, 0) is 30.3 Å². The van der Waals surface area contributed by atoms with E-state index in [1.165, 1.54) is 11.8 Å². The first kappa shape index (κ1) is 13.3. The molecule has 0 saturated carbocycles. The number of hydrogen-bond acceptors (Lipinski definition) is 3. The van der Waals surface area contributed by atoms with Crippen molar-refractivity contribution in [2.45, 2.75) is 9.79 Å². The van der Waals surface area contributed by atoms with Gasteiger partial charge in [-0.1, -0.05) is 52.0 Å². The Balaban J connectivity index is 2.08. The lowest BCUT2D eigenvalue weighted by molar-refractivity contribution is 0.458. The van der Waals surface area contributed by atoms with Crippen molar-refractivity contribution >= 4 is 38.5 Å². The lowest BCUT2D eigenvalue weighted by Gasteiger charge is -2.09. The van der Waals surface area contributed by atoms with Gasteiger partial charge in [0.05, 0.1) is 4.90 Å². The van der Waals surface area contributed by atoms with Gasteiger partial charge in [-0.2, -0.15) is 0 Å². The number of aromatic hydroxyl groups is 2. The molecular formula is C16H11BrO2S. The zero-order valence-corrected chi connectivity index (χ0v) is 12.8. The average Bonchev–Trinajstić information content (AvgIpc) is 2.47. The van der Waals surface area contributed by atoms with Crippen molar-refractivity contribution in [3.63, 3.8) is 0 Å². The van der Waals surface area contributed by atoms with E-state index in [4.69, 9.17) is 0 Å². The van der Waals surface area contributed by atoms with Crippen LogP contribution in [0.5, 0.6) is 11.5 Å². The van der Waals surface area contributed by atoms with Gasteiger partial charge >= 0.3 is 0 Å². The van der Waals surface area contributed by atoms with Crippen LogP contribution in [-0.2, 0) is 0 Å². The second-order valence-corrected chi connectivity index (χ2v) is 6.38. The minimum absolute atomic E-state index is 0.179. The Labute approximate surface area is 129 Å². The molecule has 0 saturated heterocycles. The number of hydrogen-bond donors (Lipinski definition) is 2. The minimum atomic E-state index is 0.179. The molecule has 0 bridgehead atoms. The van der Waals surface area contributed by atoms with Gasteiger partial charge in [0.1, 0.15) is 11.5 Å². The fourth-order valence-corrected chi connectivity index (χ4v) is 3.19. The fraction of sp³-hybridized carbons (Fsp3) is 0. The summed E-state index contributed by atoms with van der Waals surface area (Å²) < 4.78 is 1.01. The molecule has 0 atom stereocenters. The molecule has 0 unspecified atom stereocenters. The highest BCUT2D eigenvalue weighted by atomic mass is 79.9. The standard InChI is InChI=1S/C16H11BrO2S/c17-10-5-7-11(8-6-10)20-15-9-14(18)12-3-1-2-4-13(12)16(15)19/h1-9,18-19H. The number of phenolic OH excluding ortho intramolecular Hbond substituents is 2. The van der Waals surface area contributed by atoms with E-state index in [-0.39, 0.29) is 11.5 Å². The number of fused-ring (bicyclic) bond motifs is 1. The third kappa shape index (κ3) is 2.49. The van der Waals surface area contributed by atoms with Gasteiger partial charge in [-0.3, -0.25) is 0 Å². The highest BCUT2D eigenvalue weighted by Gasteiger charge is 2.11. The second-order valence-electron chi connectivity index (χ2n) is 4.34. The second kappa shape index (κ2) is 5.38. The van der Waals surface area contributed by atoms with Crippen molar-refractivity contribution in [2.75, 3.05) is 0 Å². The van der Waals surface area contributed by atoms with E-state index in [9.17, 15) is 10.2 Å². The van der Waals surface area contributed by atoms with Gasteiger partial charge in [-0.25, -0.2) is 0 Å². The molecule has 2 N–H and O–H groups in total. The molecule has 20 heavy (non-hydrogen) atoms. The topological polar surface area (TPSA) is 40.5 Å². The molecule has 0 spiro atoms. The van der Waals surface area contributed by atoms with Crippen LogP contribution in [0.4, 0.5) is 0 Å². The van der Waals surface area contributed by atoms with Crippen molar-refractivity contribution in [1.29, 1.82) is 0 Å². The van der Waals surface area contributed by atoms with Crippen LogP contribution in [0.15, 0.2) is 68.9 Å². The molecule has 0 aliphatic carbocycles. The molecule has 0 aliphatic rings. The summed E-state index contributed by atoms with van der Waals surface area (Å²) in [5.74, 6) is 0.379. The van der Waals surface area contributed by atoms with E-state index in [2.05, 4.69) is 15.9 Å². The van der Waals surface area contributed by atoms with E-state index >= 15 is 0 Å². The largest absolute Gasteiger partial charge is 0.507 e. The van der Waals surface area contributed by atoms with Gasteiger partial charge in [0, 0.05) is 20.1 Å². The van der Waals surface area contributed by atoms with E-state index < -0.39 is 0 Å². The third-order valence-electron chi connectivity index (χ3n) is 3.00. The predicted molar refractivity (Wildman–Crippen MR) is 85.5 cm³/mol. The summed E-state index contributed by atoms with van der Waals surface area (Å²) >= 11 is 4.81. The molecule has 2 nitrogen and oxygen atoms in total. The maximum atomic E-state index is 10.3. The first-order valence-electron chi connectivity index (χ1n) is 6.02. The van der Waals surface area contributed by atoms with Crippen LogP contribution in [0.25, 0.3) is 10.8 Å². The Bertz CT molecular complexity index is 769. The van der Waals surface area contributed by atoms with Gasteiger partial charge < -0.3 is 10.2 Å². The monoisotopic (exact) mass is 346 g/mol. The van der Waals surface area contributed by atoms with Crippen LogP contribution in [0.2, 0.25) is 0 Å². The van der Waals surface area contributed by atoms with Crippen LogP contribution in [0.1, 0.15) is 0 Å². The number of benzene rings is 3. The first-order chi connectivity index (χ1) is 9.65. The first-order valence-corrected chi connectivity index (χ1v) is 7.63. The number of phenols is 2. The molecule has 100 valence electrons. The van der Waals surface area contributed by atoms with Crippen LogP contribution >= 0.6 is 27.7 Å². The maximum absolute atomic E-state index is 10.3. The molecule has 0 fully saturated rings. The molecule has 0 aromatic heterocycles.